The van der Waals surface area contributed by atoms with Crippen LogP contribution in [-0.2, 0) is 9.59 Å². The third kappa shape index (κ3) is 2.51. The van der Waals surface area contributed by atoms with Crippen LogP contribution >= 0.6 is 0 Å². The lowest BCUT2D eigenvalue weighted by molar-refractivity contribution is -0.140. The Bertz CT molecular complexity index is 380. The highest BCUT2D eigenvalue weighted by Crippen LogP contribution is 2.36. The Balaban J connectivity index is 2.02. The van der Waals surface area contributed by atoms with Crippen molar-refractivity contribution in [2.24, 2.45) is 0 Å². The molecule has 0 unspecified atom stereocenters. The van der Waals surface area contributed by atoms with Crippen molar-refractivity contribution in [3.8, 4) is 0 Å². The van der Waals surface area contributed by atoms with Crippen molar-refractivity contribution in [1.29, 1.82) is 0 Å². The normalized spacial score (nSPS) is 22.2. The molecule has 0 saturated heterocycles. The van der Waals surface area contributed by atoms with Gasteiger partial charge >= 0.3 is 5.97 Å². The standard InChI is InChI=1S/C13H19NO3/c1-9-4-2-5-10(9)12(17)14-13(6-3-7-13)8-11(15)16/h2-8H2,1H3,(H,14,17)(H,15,16). The van der Waals surface area contributed by atoms with Gasteiger partial charge in [-0.1, -0.05) is 5.57 Å². The molecule has 0 radical (unpaired) electrons. The highest BCUT2D eigenvalue weighted by molar-refractivity contribution is 5.95. The first kappa shape index (κ1) is 12.1. The minimum atomic E-state index is -0.831. The van der Waals surface area contributed by atoms with Crippen LogP contribution in [0.2, 0.25) is 0 Å². The molecule has 0 aliphatic heterocycles. The quantitative estimate of drug-likeness (QED) is 0.786. The molecule has 2 N–H and O–H groups in total. The van der Waals surface area contributed by atoms with Crippen LogP contribution in [0.15, 0.2) is 11.1 Å². The molecule has 17 heavy (non-hydrogen) atoms. The smallest absolute Gasteiger partial charge is 0.305 e. The van der Waals surface area contributed by atoms with Crippen LogP contribution in [0.3, 0.4) is 0 Å². The molecule has 2 rings (SSSR count). The van der Waals surface area contributed by atoms with Crippen LogP contribution in [0.5, 0.6) is 0 Å². The zero-order chi connectivity index (χ0) is 12.5. The van der Waals surface area contributed by atoms with Crippen LogP contribution in [-0.4, -0.2) is 22.5 Å². The Labute approximate surface area is 101 Å². The van der Waals surface area contributed by atoms with Crippen LogP contribution in [0.1, 0.15) is 51.9 Å². The van der Waals surface area contributed by atoms with Gasteiger partial charge in [-0.15, -0.1) is 0 Å². The van der Waals surface area contributed by atoms with E-state index >= 15 is 0 Å². The number of hydrogen-bond acceptors (Lipinski definition) is 2. The van der Waals surface area contributed by atoms with Crippen LogP contribution in [0.4, 0.5) is 0 Å². The lowest BCUT2D eigenvalue weighted by Crippen LogP contribution is -2.55. The minimum absolute atomic E-state index is 0.0408. The van der Waals surface area contributed by atoms with Crippen LogP contribution in [0.25, 0.3) is 0 Å². The molecule has 0 aromatic heterocycles. The number of amides is 1. The van der Waals surface area contributed by atoms with E-state index in [-0.39, 0.29) is 12.3 Å². The number of hydrogen-bond donors (Lipinski definition) is 2. The van der Waals surface area contributed by atoms with Gasteiger partial charge in [0.15, 0.2) is 0 Å². The summed E-state index contributed by atoms with van der Waals surface area (Å²) in [5, 5.41) is 11.8. The zero-order valence-corrected chi connectivity index (χ0v) is 10.2. The van der Waals surface area contributed by atoms with Gasteiger partial charge in [0.05, 0.1) is 12.0 Å². The summed E-state index contributed by atoms with van der Waals surface area (Å²) in [6.45, 7) is 1.99. The van der Waals surface area contributed by atoms with E-state index in [2.05, 4.69) is 5.32 Å². The predicted molar refractivity (Wildman–Crippen MR) is 63.5 cm³/mol. The molecule has 4 heteroatoms. The van der Waals surface area contributed by atoms with Gasteiger partial charge in [-0.2, -0.15) is 0 Å². The Morgan fingerprint density at radius 3 is 2.41 bits per heavy atom. The SMILES string of the molecule is CC1=C(C(=O)NC2(CC(=O)O)CCC2)CCC1. The highest BCUT2D eigenvalue weighted by atomic mass is 16.4. The van der Waals surface area contributed by atoms with Crippen molar-refractivity contribution in [2.75, 3.05) is 0 Å². The number of rotatable bonds is 4. The number of carbonyl (C=O) groups is 2. The van der Waals surface area contributed by atoms with E-state index in [0.717, 1.165) is 49.7 Å². The number of carboxylic acid groups (broad SMARTS) is 1. The molecule has 0 bridgehead atoms. The molecule has 0 atom stereocenters. The summed E-state index contributed by atoms with van der Waals surface area (Å²) in [7, 11) is 0. The lowest BCUT2D eigenvalue weighted by atomic mass is 9.74. The van der Waals surface area contributed by atoms with Crippen LogP contribution in [0, 0.1) is 0 Å². The fourth-order valence-electron chi connectivity index (χ4n) is 2.76. The van der Waals surface area contributed by atoms with Crippen molar-refractivity contribution >= 4 is 11.9 Å². The van der Waals surface area contributed by atoms with Gasteiger partial charge in [0, 0.05) is 5.57 Å². The van der Waals surface area contributed by atoms with Gasteiger partial charge in [-0.05, 0) is 45.4 Å². The molecular formula is C13H19NO3. The summed E-state index contributed by atoms with van der Waals surface area (Å²) < 4.78 is 0. The first-order valence-electron chi connectivity index (χ1n) is 6.25. The summed E-state index contributed by atoms with van der Waals surface area (Å²) in [5.41, 5.74) is 1.56. The molecule has 1 amide bonds. The molecule has 2 aliphatic rings. The summed E-state index contributed by atoms with van der Waals surface area (Å²) in [5.74, 6) is -0.872. The van der Waals surface area contributed by atoms with Crippen molar-refractivity contribution in [1.82, 2.24) is 5.32 Å². The topological polar surface area (TPSA) is 66.4 Å². The Kier molecular flexibility index (Phi) is 3.22. The summed E-state index contributed by atoms with van der Waals surface area (Å²) in [6.07, 6.45) is 5.50. The second-order valence-corrected chi connectivity index (χ2v) is 5.27. The maximum absolute atomic E-state index is 12.1. The van der Waals surface area contributed by atoms with Gasteiger partial charge in [-0.3, -0.25) is 9.59 Å². The van der Waals surface area contributed by atoms with E-state index in [1.807, 2.05) is 6.92 Å². The minimum Gasteiger partial charge on any atom is -0.481 e. The Morgan fingerprint density at radius 2 is 2.00 bits per heavy atom. The summed E-state index contributed by atoms with van der Waals surface area (Å²) in [6, 6.07) is 0. The summed E-state index contributed by atoms with van der Waals surface area (Å²) >= 11 is 0. The number of allylic oxidation sites excluding steroid dienone is 1. The van der Waals surface area contributed by atoms with E-state index in [4.69, 9.17) is 5.11 Å². The van der Waals surface area contributed by atoms with Crippen molar-refractivity contribution in [3.63, 3.8) is 0 Å². The number of carboxylic acids is 1. The van der Waals surface area contributed by atoms with Crippen molar-refractivity contribution in [2.45, 2.75) is 57.4 Å². The van der Waals surface area contributed by atoms with Crippen molar-refractivity contribution in [3.05, 3.63) is 11.1 Å². The van der Waals surface area contributed by atoms with Gasteiger partial charge in [0.2, 0.25) is 5.91 Å². The Morgan fingerprint density at radius 1 is 1.29 bits per heavy atom. The third-order valence-corrected chi connectivity index (χ3v) is 3.95. The summed E-state index contributed by atoms with van der Waals surface area (Å²) in [4.78, 5) is 22.9. The number of carbonyl (C=O) groups excluding carboxylic acids is 1. The van der Waals surface area contributed by atoms with E-state index in [1.165, 1.54) is 0 Å². The maximum atomic E-state index is 12.1. The van der Waals surface area contributed by atoms with E-state index in [9.17, 15) is 9.59 Å². The van der Waals surface area contributed by atoms with E-state index in [1.54, 1.807) is 0 Å². The monoisotopic (exact) mass is 237 g/mol. The zero-order valence-electron chi connectivity index (χ0n) is 10.2. The Hall–Kier alpha value is -1.32. The number of aliphatic carboxylic acids is 1. The molecule has 0 spiro atoms. The van der Waals surface area contributed by atoms with Gasteiger partial charge in [0.1, 0.15) is 0 Å². The molecular weight excluding hydrogens is 218 g/mol. The molecule has 4 nitrogen and oxygen atoms in total. The first-order valence-corrected chi connectivity index (χ1v) is 6.25. The van der Waals surface area contributed by atoms with Gasteiger partial charge in [-0.25, -0.2) is 0 Å². The molecule has 0 aromatic rings. The first-order chi connectivity index (χ1) is 8.02. The molecule has 1 fully saturated rings. The third-order valence-electron chi connectivity index (χ3n) is 3.95. The average molecular weight is 237 g/mol. The second-order valence-electron chi connectivity index (χ2n) is 5.27. The number of nitrogens with one attached hydrogen (secondary N) is 1. The van der Waals surface area contributed by atoms with Crippen LogP contribution < -0.4 is 5.32 Å². The second kappa shape index (κ2) is 4.51. The lowest BCUT2D eigenvalue weighted by Gasteiger charge is -2.41. The van der Waals surface area contributed by atoms with Gasteiger partial charge < -0.3 is 10.4 Å². The fourth-order valence-corrected chi connectivity index (χ4v) is 2.76. The molecule has 94 valence electrons. The van der Waals surface area contributed by atoms with E-state index < -0.39 is 11.5 Å². The largest absolute Gasteiger partial charge is 0.481 e. The average Bonchev–Trinajstić information content (AvgIpc) is 2.60. The molecule has 0 heterocycles. The maximum Gasteiger partial charge on any atom is 0.305 e. The predicted octanol–water partition coefficient (Wildman–Crippen LogP) is 2.00. The van der Waals surface area contributed by atoms with Crippen molar-refractivity contribution < 1.29 is 14.7 Å². The molecule has 2 aliphatic carbocycles. The van der Waals surface area contributed by atoms with Gasteiger partial charge in [0.25, 0.3) is 0 Å². The molecule has 0 aromatic carbocycles. The van der Waals surface area contributed by atoms with E-state index in [0.29, 0.717) is 0 Å². The highest BCUT2D eigenvalue weighted by Gasteiger charge is 2.41. The fraction of sp³-hybridized carbons (Fsp3) is 0.692. The molecule has 1 saturated carbocycles.